The SMILES string of the molecule is CN(C)CCOC(=O)C12CC3CC(C1)CC(C(=O)OCCN(C)C)(C3)C2.[Cl-]. The number of nitrogens with zero attached hydrogens (tertiary/aromatic N) is 2. The molecule has 0 aromatic rings. The first-order valence-corrected chi connectivity index (χ1v) is 9.89. The average molecular weight is 402 g/mol. The second-order valence-electron chi connectivity index (χ2n) is 9.40. The fraction of sp³-hybridized carbons (Fsp3) is 0.900. The number of carbonyl (C=O) groups is 2. The Balaban J connectivity index is 0.00000261. The summed E-state index contributed by atoms with van der Waals surface area (Å²) >= 11 is 0. The fourth-order valence-corrected chi connectivity index (χ4v) is 5.69. The molecule has 0 unspecified atom stereocenters. The third-order valence-corrected chi connectivity index (χ3v) is 6.47. The largest absolute Gasteiger partial charge is 1.00 e. The maximum absolute atomic E-state index is 12.9. The number of esters is 2. The minimum absolute atomic E-state index is 0. The molecule has 0 aliphatic heterocycles. The zero-order valence-corrected chi connectivity index (χ0v) is 17.9. The molecule has 0 radical (unpaired) electrons. The number of hydrogen-bond donors (Lipinski definition) is 0. The van der Waals surface area contributed by atoms with Crippen LogP contribution in [0, 0.1) is 22.7 Å². The second kappa shape index (κ2) is 8.66. The van der Waals surface area contributed by atoms with E-state index < -0.39 is 10.8 Å². The van der Waals surface area contributed by atoms with Crippen LogP contribution in [0.1, 0.15) is 38.5 Å². The van der Waals surface area contributed by atoms with Gasteiger partial charge in [0.2, 0.25) is 0 Å². The molecule has 156 valence electrons. The molecule has 0 spiro atoms. The van der Waals surface area contributed by atoms with Crippen LogP contribution in [0.3, 0.4) is 0 Å². The van der Waals surface area contributed by atoms with E-state index in [0.29, 0.717) is 31.5 Å². The van der Waals surface area contributed by atoms with Gasteiger partial charge in [0, 0.05) is 13.1 Å². The molecule has 0 heterocycles. The molecule has 0 atom stereocenters. The minimum Gasteiger partial charge on any atom is -1.00 e. The summed E-state index contributed by atoms with van der Waals surface area (Å²) in [6.07, 6.45) is 5.32. The van der Waals surface area contributed by atoms with Gasteiger partial charge in [0.25, 0.3) is 0 Å². The maximum Gasteiger partial charge on any atom is 0.312 e. The van der Waals surface area contributed by atoms with Gasteiger partial charge in [0.15, 0.2) is 0 Å². The highest BCUT2D eigenvalue weighted by Gasteiger charge is 2.64. The van der Waals surface area contributed by atoms with Crippen LogP contribution in [0.15, 0.2) is 0 Å². The zero-order chi connectivity index (χ0) is 18.9. The number of rotatable bonds is 8. The summed E-state index contributed by atoms with van der Waals surface area (Å²) in [7, 11) is 7.88. The Bertz CT molecular complexity index is 494. The lowest BCUT2D eigenvalue weighted by molar-refractivity contribution is -0.194. The first-order chi connectivity index (χ1) is 12.2. The van der Waals surface area contributed by atoms with Crippen LogP contribution in [-0.4, -0.2) is 76.2 Å². The molecule has 0 saturated heterocycles. The van der Waals surface area contributed by atoms with Crippen molar-refractivity contribution in [2.24, 2.45) is 22.7 Å². The molecular formula is C20H34ClN2O4-. The third-order valence-electron chi connectivity index (χ3n) is 6.47. The Morgan fingerprint density at radius 3 is 1.52 bits per heavy atom. The highest BCUT2D eigenvalue weighted by Crippen LogP contribution is 2.65. The zero-order valence-electron chi connectivity index (χ0n) is 17.1. The van der Waals surface area contributed by atoms with E-state index in [1.54, 1.807) is 0 Å². The molecule has 4 bridgehead atoms. The van der Waals surface area contributed by atoms with E-state index in [-0.39, 0.29) is 24.3 Å². The third kappa shape index (κ3) is 4.77. The summed E-state index contributed by atoms with van der Waals surface area (Å²) < 4.78 is 11.3. The van der Waals surface area contributed by atoms with E-state index in [4.69, 9.17) is 9.47 Å². The maximum atomic E-state index is 12.9. The van der Waals surface area contributed by atoms with Gasteiger partial charge >= 0.3 is 11.9 Å². The van der Waals surface area contributed by atoms with E-state index in [2.05, 4.69) is 0 Å². The molecule has 4 aliphatic carbocycles. The summed E-state index contributed by atoms with van der Waals surface area (Å²) in [6, 6.07) is 0. The molecule has 0 aromatic heterocycles. The number of ether oxygens (including phenoxy) is 2. The lowest BCUT2D eigenvalue weighted by Gasteiger charge is -2.59. The molecule has 4 fully saturated rings. The Morgan fingerprint density at radius 1 is 0.815 bits per heavy atom. The number of likely N-dealkylation sites (N-methyl/N-ethyl adjacent to an activating group) is 2. The Hall–Kier alpha value is -0.850. The lowest BCUT2D eigenvalue weighted by atomic mass is 9.44. The summed E-state index contributed by atoms with van der Waals surface area (Å²) in [6.45, 7) is 2.30. The number of halogens is 1. The van der Waals surface area contributed by atoms with Crippen LogP contribution in [0.4, 0.5) is 0 Å². The van der Waals surface area contributed by atoms with E-state index >= 15 is 0 Å². The van der Waals surface area contributed by atoms with Crippen LogP contribution in [0.5, 0.6) is 0 Å². The lowest BCUT2D eigenvalue weighted by Crippen LogP contribution is -3.00. The van der Waals surface area contributed by atoms with E-state index in [1.807, 2.05) is 38.0 Å². The van der Waals surface area contributed by atoms with Gasteiger partial charge in [-0.2, -0.15) is 0 Å². The van der Waals surface area contributed by atoms with Gasteiger partial charge < -0.3 is 31.7 Å². The average Bonchev–Trinajstić information content (AvgIpc) is 2.52. The molecule has 7 heteroatoms. The van der Waals surface area contributed by atoms with Crippen molar-refractivity contribution in [2.45, 2.75) is 38.5 Å². The monoisotopic (exact) mass is 401 g/mol. The van der Waals surface area contributed by atoms with Gasteiger partial charge in [-0.15, -0.1) is 0 Å². The summed E-state index contributed by atoms with van der Waals surface area (Å²) in [5, 5.41) is 0. The molecule has 0 N–H and O–H groups in total. The van der Waals surface area contributed by atoms with Gasteiger partial charge in [-0.1, -0.05) is 0 Å². The van der Waals surface area contributed by atoms with E-state index in [1.165, 1.54) is 0 Å². The van der Waals surface area contributed by atoms with Gasteiger partial charge in [-0.05, 0) is 78.6 Å². The van der Waals surface area contributed by atoms with Crippen molar-refractivity contribution >= 4 is 11.9 Å². The van der Waals surface area contributed by atoms with Crippen LogP contribution in [0.25, 0.3) is 0 Å². The number of carbonyl (C=O) groups excluding carboxylic acids is 2. The quantitative estimate of drug-likeness (QED) is 0.475. The molecule has 0 amide bonds. The topological polar surface area (TPSA) is 59.1 Å². The standard InChI is InChI=1S/C20H34N2O4.ClH/c1-21(2)5-7-25-17(23)19-10-15-9-16(11-19)13-20(12-15,14-19)18(24)26-8-6-22(3)4;/h15-16H,5-14H2,1-4H3;1H/p-1. The minimum atomic E-state index is -0.461. The van der Waals surface area contributed by atoms with E-state index in [9.17, 15) is 9.59 Å². The molecule has 0 aromatic carbocycles. The molecule has 4 rings (SSSR count). The number of hydrogen-bond acceptors (Lipinski definition) is 6. The van der Waals surface area contributed by atoms with Crippen molar-refractivity contribution in [2.75, 3.05) is 54.5 Å². The van der Waals surface area contributed by atoms with Crippen molar-refractivity contribution in [3.05, 3.63) is 0 Å². The first kappa shape index (κ1) is 22.4. The predicted molar refractivity (Wildman–Crippen MR) is 98.6 cm³/mol. The van der Waals surface area contributed by atoms with Crippen molar-refractivity contribution in [3.63, 3.8) is 0 Å². The normalized spacial score (nSPS) is 33.9. The van der Waals surface area contributed by atoms with Crippen molar-refractivity contribution in [3.8, 4) is 0 Å². The van der Waals surface area contributed by atoms with Crippen LogP contribution in [0.2, 0.25) is 0 Å². The van der Waals surface area contributed by atoms with Crippen LogP contribution in [-0.2, 0) is 19.1 Å². The van der Waals surface area contributed by atoms with Gasteiger partial charge in [0.05, 0.1) is 10.8 Å². The summed E-state index contributed by atoms with van der Waals surface area (Å²) in [5.41, 5.74) is -0.923. The predicted octanol–water partition coefficient (Wildman–Crippen LogP) is -1.21. The molecule has 6 nitrogen and oxygen atoms in total. The second-order valence-corrected chi connectivity index (χ2v) is 9.40. The molecule has 4 saturated carbocycles. The highest BCUT2D eigenvalue weighted by atomic mass is 35.5. The summed E-state index contributed by atoms with van der Waals surface area (Å²) in [5.74, 6) is 0.746. The van der Waals surface area contributed by atoms with Gasteiger partial charge in [-0.25, -0.2) is 0 Å². The smallest absolute Gasteiger partial charge is 0.312 e. The molecule has 27 heavy (non-hydrogen) atoms. The highest BCUT2D eigenvalue weighted by molar-refractivity contribution is 5.83. The van der Waals surface area contributed by atoms with Gasteiger partial charge in [-0.3, -0.25) is 9.59 Å². The van der Waals surface area contributed by atoms with E-state index in [0.717, 1.165) is 45.2 Å². The van der Waals surface area contributed by atoms with Crippen molar-refractivity contribution < 1.29 is 31.5 Å². The Kier molecular flexibility index (Phi) is 7.20. The molecule has 4 aliphatic rings. The fourth-order valence-electron chi connectivity index (χ4n) is 5.69. The van der Waals surface area contributed by atoms with Gasteiger partial charge in [0.1, 0.15) is 13.2 Å². The van der Waals surface area contributed by atoms with Crippen molar-refractivity contribution in [1.82, 2.24) is 9.80 Å². The first-order valence-electron chi connectivity index (χ1n) is 9.89. The van der Waals surface area contributed by atoms with Crippen LogP contribution < -0.4 is 12.4 Å². The molecular weight excluding hydrogens is 368 g/mol. The Labute approximate surface area is 169 Å². The van der Waals surface area contributed by atoms with Crippen molar-refractivity contribution in [1.29, 1.82) is 0 Å². The summed E-state index contributed by atoms with van der Waals surface area (Å²) in [4.78, 5) is 29.9. The van der Waals surface area contributed by atoms with Crippen LogP contribution >= 0.6 is 0 Å². The Morgan fingerprint density at radius 2 is 1.19 bits per heavy atom.